The first-order valence-electron chi connectivity index (χ1n) is 11.6. The molecule has 1 N–H and O–H groups in total. The smallest absolute Gasteiger partial charge is 0.244 e. The van der Waals surface area contributed by atoms with E-state index in [1.165, 1.54) is 25.2 Å². The second kappa shape index (κ2) is 13.2. The summed E-state index contributed by atoms with van der Waals surface area (Å²) in [6.07, 6.45) is 1.67. The fourth-order valence-corrected chi connectivity index (χ4v) is 4.85. The lowest BCUT2D eigenvalue weighted by Gasteiger charge is -2.32. The van der Waals surface area contributed by atoms with Gasteiger partial charge in [-0.3, -0.25) is 13.9 Å². The fourth-order valence-electron chi connectivity index (χ4n) is 3.49. The first-order valence-corrected chi connectivity index (χ1v) is 14.2. The lowest BCUT2D eigenvalue weighted by Crippen LogP contribution is -2.52. The second-order valence-corrected chi connectivity index (χ2v) is 11.2. The summed E-state index contributed by atoms with van der Waals surface area (Å²) >= 11 is 12.7. The highest BCUT2D eigenvalue weighted by Crippen LogP contribution is 2.34. The van der Waals surface area contributed by atoms with Crippen LogP contribution in [0.1, 0.15) is 32.8 Å². The number of sulfonamides is 1. The number of carbonyl (C=O) groups excluding carboxylic acids is 2. The van der Waals surface area contributed by atoms with Crippen molar-refractivity contribution in [1.29, 1.82) is 0 Å². The third kappa shape index (κ3) is 7.90. The van der Waals surface area contributed by atoms with Crippen molar-refractivity contribution in [3.05, 3.63) is 52.0 Å². The molecule has 0 aliphatic heterocycles. The minimum Gasteiger partial charge on any atom is -0.497 e. The molecule has 204 valence electrons. The molecule has 0 aliphatic rings. The molecule has 12 heteroatoms. The number of hydrogen-bond donors (Lipinski definition) is 1. The lowest BCUT2D eigenvalue weighted by atomic mass is 10.1. The predicted octanol–water partition coefficient (Wildman–Crippen LogP) is 4.11. The number of amides is 2. The van der Waals surface area contributed by atoms with Gasteiger partial charge in [0.25, 0.3) is 0 Å². The summed E-state index contributed by atoms with van der Waals surface area (Å²) in [4.78, 5) is 28.0. The Morgan fingerprint density at radius 3 is 2.19 bits per heavy atom. The summed E-state index contributed by atoms with van der Waals surface area (Å²) in [5, 5.41) is 3.49. The number of halogens is 2. The number of hydrogen-bond acceptors (Lipinski definition) is 6. The maximum atomic E-state index is 13.7. The van der Waals surface area contributed by atoms with Crippen LogP contribution < -0.4 is 19.1 Å². The Morgan fingerprint density at radius 1 is 1.05 bits per heavy atom. The molecular weight excluding hydrogens is 541 g/mol. The number of nitrogens with zero attached hydrogens (tertiary/aromatic N) is 2. The van der Waals surface area contributed by atoms with Crippen LogP contribution in [0.25, 0.3) is 0 Å². The minimum absolute atomic E-state index is 0.112. The first-order chi connectivity index (χ1) is 17.3. The van der Waals surface area contributed by atoms with E-state index in [9.17, 15) is 18.0 Å². The number of anilines is 1. The summed E-state index contributed by atoms with van der Waals surface area (Å²) in [5.41, 5.74) is 0.553. The van der Waals surface area contributed by atoms with Gasteiger partial charge in [0.1, 0.15) is 24.1 Å². The standard InChI is InChI=1S/C25H33Cl2N3O6S/c1-7-16(2)28-25(32)17(3)29(14-19-20(26)9-8-10-21(19)27)24(31)15-30(37(6,33)34)22-13-18(35-4)11-12-23(22)36-5/h8-13,16-17H,7,14-15H2,1-6H3,(H,28,32)/t16-,17+/m0/s1. The minimum atomic E-state index is -3.96. The normalized spacial score (nSPS) is 12.9. The molecule has 0 saturated carbocycles. The predicted molar refractivity (Wildman–Crippen MR) is 146 cm³/mol. The number of ether oxygens (including phenoxy) is 2. The van der Waals surface area contributed by atoms with Crippen molar-refractivity contribution in [3.8, 4) is 11.5 Å². The number of nitrogens with one attached hydrogen (secondary N) is 1. The van der Waals surface area contributed by atoms with Crippen molar-refractivity contribution in [2.24, 2.45) is 0 Å². The van der Waals surface area contributed by atoms with Gasteiger partial charge in [0.2, 0.25) is 21.8 Å². The van der Waals surface area contributed by atoms with E-state index in [4.69, 9.17) is 32.7 Å². The summed E-state index contributed by atoms with van der Waals surface area (Å²) in [5.74, 6) is -0.436. The van der Waals surface area contributed by atoms with Crippen LogP contribution in [0.4, 0.5) is 5.69 Å². The van der Waals surface area contributed by atoms with Gasteiger partial charge in [0.05, 0.1) is 26.2 Å². The molecule has 2 aromatic rings. The van der Waals surface area contributed by atoms with E-state index in [0.717, 1.165) is 10.6 Å². The molecule has 0 saturated heterocycles. The summed E-state index contributed by atoms with van der Waals surface area (Å²) < 4.78 is 37.2. The van der Waals surface area contributed by atoms with Crippen molar-refractivity contribution in [3.63, 3.8) is 0 Å². The van der Waals surface area contributed by atoms with E-state index in [1.54, 1.807) is 37.3 Å². The van der Waals surface area contributed by atoms with E-state index in [0.29, 0.717) is 27.8 Å². The monoisotopic (exact) mass is 573 g/mol. The third-order valence-electron chi connectivity index (χ3n) is 5.89. The average molecular weight is 575 g/mol. The van der Waals surface area contributed by atoms with Gasteiger partial charge < -0.3 is 19.7 Å². The molecule has 2 amide bonds. The SMILES string of the molecule is CC[C@H](C)NC(=O)[C@@H](C)N(Cc1c(Cl)cccc1Cl)C(=O)CN(c1cc(OC)ccc1OC)S(C)(=O)=O. The van der Waals surface area contributed by atoms with Gasteiger partial charge in [-0.15, -0.1) is 0 Å². The summed E-state index contributed by atoms with van der Waals surface area (Å²) in [7, 11) is -1.14. The highest BCUT2D eigenvalue weighted by molar-refractivity contribution is 7.92. The average Bonchev–Trinajstić information content (AvgIpc) is 2.85. The van der Waals surface area contributed by atoms with Gasteiger partial charge in [0, 0.05) is 34.3 Å². The Bertz CT molecular complexity index is 1200. The van der Waals surface area contributed by atoms with Crippen molar-refractivity contribution in [2.45, 2.75) is 45.8 Å². The quantitative estimate of drug-likeness (QED) is 0.409. The van der Waals surface area contributed by atoms with Crippen molar-refractivity contribution in [2.75, 3.05) is 31.3 Å². The van der Waals surface area contributed by atoms with E-state index in [-0.39, 0.29) is 24.0 Å². The molecule has 0 heterocycles. The molecular formula is C25H33Cl2N3O6S. The Morgan fingerprint density at radius 2 is 1.68 bits per heavy atom. The zero-order chi connectivity index (χ0) is 27.9. The number of rotatable bonds is 12. The second-order valence-electron chi connectivity index (χ2n) is 8.52. The molecule has 2 aromatic carbocycles. The van der Waals surface area contributed by atoms with Crippen LogP contribution in [0.2, 0.25) is 10.0 Å². The van der Waals surface area contributed by atoms with Crippen LogP contribution in [-0.2, 0) is 26.2 Å². The van der Waals surface area contributed by atoms with Crippen LogP contribution in [0.5, 0.6) is 11.5 Å². The largest absolute Gasteiger partial charge is 0.497 e. The van der Waals surface area contributed by atoms with Crippen LogP contribution >= 0.6 is 23.2 Å². The molecule has 0 bridgehead atoms. The molecule has 0 radical (unpaired) electrons. The fraction of sp³-hybridized carbons (Fsp3) is 0.440. The molecule has 0 aromatic heterocycles. The molecule has 2 rings (SSSR count). The lowest BCUT2D eigenvalue weighted by molar-refractivity contribution is -0.139. The van der Waals surface area contributed by atoms with Crippen LogP contribution in [-0.4, -0.2) is 64.2 Å². The Balaban J connectivity index is 2.54. The van der Waals surface area contributed by atoms with Gasteiger partial charge in [-0.05, 0) is 44.5 Å². The first kappa shape index (κ1) is 30.5. The molecule has 0 fully saturated rings. The Hall–Kier alpha value is -2.69. The Labute approximate surface area is 228 Å². The molecule has 0 unspecified atom stereocenters. The number of carbonyl (C=O) groups is 2. The van der Waals surface area contributed by atoms with Crippen LogP contribution in [0.3, 0.4) is 0 Å². The van der Waals surface area contributed by atoms with Gasteiger partial charge in [-0.1, -0.05) is 36.2 Å². The highest BCUT2D eigenvalue weighted by Gasteiger charge is 2.32. The van der Waals surface area contributed by atoms with E-state index < -0.39 is 34.4 Å². The molecule has 37 heavy (non-hydrogen) atoms. The van der Waals surface area contributed by atoms with E-state index >= 15 is 0 Å². The number of benzene rings is 2. The molecule has 2 atom stereocenters. The molecule has 0 aliphatic carbocycles. The zero-order valence-electron chi connectivity index (χ0n) is 21.7. The third-order valence-corrected chi connectivity index (χ3v) is 7.73. The van der Waals surface area contributed by atoms with Crippen molar-refractivity contribution in [1.82, 2.24) is 10.2 Å². The van der Waals surface area contributed by atoms with Gasteiger partial charge in [0.15, 0.2) is 0 Å². The summed E-state index contributed by atoms with van der Waals surface area (Å²) in [6, 6.07) is 8.45. The maximum absolute atomic E-state index is 13.7. The van der Waals surface area contributed by atoms with Crippen LogP contribution in [0.15, 0.2) is 36.4 Å². The highest BCUT2D eigenvalue weighted by atomic mass is 35.5. The summed E-state index contributed by atoms with van der Waals surface area (Å²) in [6.45, 7) is 4.62. The van der Waals surface area contributed by atoms with E-state index in [1.807, 2.05) is 13.8 Å². The van der Waals surface area contributed by atoms with Gasteiger partial charge in [-0.2, -0.15) is 0 Å². The molecule has 9 nitrogen and oxygen atoms in total. The topological polar surface area (TPSA) is 105 Å². The van der Waals surface area contributed by atoms with Gasteiger partial charge in [-0.25, -0.2) is 8.42 Å². The van der Waals surface area contributed by atoms with Crippen molar-refractivity contribution >= 4 is 50.7 Å². The Kier molecular flexibility index (Phi) is 10.9. The van der Waals surface area contributed by atoms with Crippen LogP contribution in [0, 0.1) is 0 Å². The van der Waals surface area contributed by atoms with Gasteiger partial charge >= 0.3 is 0 Å². The molecule has 0 spiro atoms. The maximum Gasteiger partial charge on any atom is 0.244 e. The number of methoxy groups -OCH3 is 2. The van der Waals surface area contributed by atoms with E-state index in [2.05, 4.69) is 5.32 Å². The zero-order valence-corrected chi connectivity index (χ0v) is 24.1. The van der Waals surface area contributed by atoms with Crippen molar-refractivity contribution < 1.29 is 27.5 Å².